The Bertz CT molecular complexity index is 986. The molecular formula is C20H17BrN2O4S. The fourth-order valence-electron chi connectivity index (χ4n) is 2.47. The van der Waals surface area contributed by atoms with Gasteiger partial charge >= 0.3 is 5.97 Å². The minimum absolute atomic E-state index is 0.143. The van der Waals surface area contributed by atoms with Gasteiger partial charge in [0.05, 0.1) is 27.2 Å². The van der Waals surface area contributed by atoms with Crippen LogP contribution in [-0.2, 0) is 4.79 Å². The lowest BCUT2D eigenvalue weighted by Crippen LogP contribution is -2.23. The number of amides is 1. The van der Waals surface area contributed by atoms with Gasteiger partial charge in [0.25, 0.3) is 5.91 Å². The highest BCUT2D eigenvalue weighted by atomic mass is 79.9. The Hall–Kier alpha value is -2.58. The first kappa shape index (κ1) is 20.2. The van der Waals surface area contributed by atoms with Crippen LogP contribution in [0.5, 0.6) is 5.75 Å². The van der Waals surface area contributed by atoms with Crippen LogP contribution in [0.15, 0.2) is 56.8 Å². The fraction of sp³-hybridized carbons (Fsp3) is 0.150. The van der Waals surface area contributed by atoms with Crippen LogP contribution in [0.1, 0.15) is 22.8 Å². The Labute approximate surface area is 175 Å². The van der Waals surface area contributed by atoms with Gasteiger partial charge in [-0.25, -0.2) is 9.79 Å². The van der Waals surface area contributed by atoms with Crippen LogP contribution >= 0.6 is 27.7 Å². The van der Waals surface area contributed by atoms with Crippen molar-refractivity contribution >= 4 is 56.5 Å². The summed E-state index contributed by atoms with van der Waals surface area (Å²) in [5.41, 5.74) is 1.64. The highest BCUT2D eigenvalue weighted by molar-refractivity contribution is 9.10. The number of halogens is 1. The summed E-state index contributed by atoms with van der Waals surface area (Å²) in [6.07, 6.45) is 1.81. The highest BCUT2D eigenvalue weighted by Gasteiger charge is 2.30. The number of aliphatic imine (C=N–C) groups is 1. The largest absolute Gasteiger partial charge is 0.493 e. The number of thioether (sulfide) groups is 1. The number of aromatic carboxylic acids is 1. The summed E-state index contributed by atoms with van der Waals surface area (Å²) in [5, 5.41) is 9.50. The zero-order valence-electron chi connectivity index (χ0n) is 15.2. The second-order valence-corrected chi connectivity index (χ2v) is 7.71. The molecule has 1 aliphatic heterocycles. The molecule has 1 aliphatic rings. The molecule has 2 aromatic rings. The number of carboxylic acid groups (broad SMARTS) is 1. The van der Waals surface area contributed by atoms with E-state index >= 15 is 0 Å². The topological polar surface area (TPSA) is 79.2 Å². The maximum atomic E-state index is 12.5. The molecule has 1 saturated heterocycles. The van der Waals surface area contributed by atoms with E-state index in [2.05, 4.69) is 20.9 Å². The van der Waals surface area contributed by atoms with Crippen LogP contribution in [0.25, 0.3) is 6.08 Å². The van der Waals surface area contributed by atoms with E-state index in [9.17, 15) is 9.59 Å². The van der Waals surface area contributed by atoms with Crippen molar-refractivity contribution in [3.8, 4) is 5.75 Å². The van der Waals surface area contributed by atoms with Crippen molar-refractivity contribution in [3.63, 3.8) is 0 Å². The lowest BCUT2D eigenvalue weighted by molar-refractivity contribution is -0.121. The summed E-state index contributed by atoms with van der Waals surface area (Å²) < 4.78 is 6.32. The molecule has 144 valence electrons. The number of hydrogen-bond acceptors (Lipinski definition) is 5. The molecule has 0 unspecified atom stereocenters. The average Bonchev–Trinajstić information content (AvgIpc) is 2.92. The van der Waals surface area contributed by atoms with Gasteiger partial charge in [0, 0.05) is 7.05 Å². The van der Waals surface area contributed by atoms with E-state index in [0.717, 1.165) is 15.8 Å². The third-order valence-corrected chi connectivity index (χ3v) is 5.58. The summed E-state index contributed by atoms with van der Waals surface area (Å²) in [7, 11) is 1.66. The molecule has 0 aliphatic carbocycles. The minimum atomic E-state index is -0.992. The van der Waals surface area contributed by atoms with Gasteiger partial charge < -0.3 is 9.84 Å². The molecule has 0 spiro atoms. The number of rotatable bonds is 5. The first-order valence-electron chi connectivity index (χ1n) is 8.41. The number of amidine groups is 1. The van der Waals surface area contributed by atoms with Gasteiger partial charge in [-0.15, -0.1) is 0 Å². The van der Waals surface area contributed by atoms with Crippen molar-refractivity contribution in [1.29, 1.82) is 0 Å². The van der Waals surface area contributed by atoms with Crippen molar-refractivity contribution in [2.24, 2.45) is 4.99 Å². The number of carbonyl (C=O) groups excluding carboxylic acids is 1. The molecule has 28 heavy (non-hydrogen) atoms. The van der Waals surface area contributed by atoms with Crippen molar-refractivity contribution in [2.75, 3.05) is 13.7 Å². The lowest BCUT2D eigenvalue weighted by Gasteiger charge is -2.07. The number of carbonyl (C=O) groups is 2. The maximum absolute atomic E-state index is 12.5. The van der Waals surface area contributed by atoms with Crippen molar-refractivity contribution in [2.45, 2.75) is 6.92 Å². The van der Waals surface area contributed by atoms with E-state index in [1.807, 2.05) is 25.1 Å². The van der Waals surface area contributed by atoms with Crippen LogP contribution in [0.4, 0.5) is 5.69 Å². The van der Waals surface area contributed by atoms with E-state index in [1.165, 1.54) is 28.8 Å². The molecule has 1 heterocycles. The first-order valence-corrected chi connectivity index (χ1v) is 10.0. The molecule has 0 bridgehead atoms. The Morgan fingerprint density at radius 2 is 2.00 bits per heavy atom. The third kappa shape index (κ3) is 4.45. The highest BCUT2D eigenvalue weighted by Crippen LogP contribution is 2.34. The van der Waals surface area contributed by atoms with Gasteiger partial charge in [0.1, 0.15) is 5.75 Å². The molecule has 1 fully saturated rings. The standard InChI is InChI=1S/C20H17BrN2O4S/c1-3-27-16-9-4-12(10-15(16)21)11-17-18(24)23(2)20(28-17)22-14-7-5-13(6-8-14)19(25)26/h4-11H,3H2,1-2H3,(H,25,26)/b17-11-,22-20?. The summed E-state index contributed by atoms with van der Waals surface area (Å²) >= 11 is 4.75. The van der Waals surface area contributed by atoms with Crippen LogP contribution < -0.4 is 4.74 Å². The van der Waals surface area contributed by atoms with Gasteiger partial charge in [-0.3, -0.25) is 9.69 Å². The first-order chi connectivity index (χ1) is 13.4. The maximum Gasteiger partial charge on any atom is 0.335 e. The zero-order chi connectivity index (χ0) is 20.3. The van der Waals surface area contributed by atoms with Crippen molar-refractivity contribution < 1.29 is 19.4 Å². The van der Waals surface area contributed by atoms with Crippen molar-refractivity contribution in [1.82, 2.24) is 4.90 Å². The van der Waals surface area contributed by atoms with Gasteiger partial charge in [-0.2, -0.15) is 0 Å². The van der Waals surface area contributed by atoms with Gasteiger partial charge in [0.15, 0.2) is 5.17 Å². The predicted molar refractivity (Wildman–Crippen MR) is 114 cm³/mol. The molecule has 2 aromatic carbocycles. The van der Waals surface area contributed by atoms with E-state index < -0.39 is 5.97 Å². The monoisotopic (exact) mass is 460 g/mol. The number of nitrogens with zero attached hydrogens (tertiary/aromatic N) is 2. The number of likely N-dealkylation sites (N-methyl/N-ethyl adjacent to an activating group) is 1. The Morgan fingerprint density at radius 1 is 1.29 bits per heavy atom. The summed E-state index contributed by atoms with van der Waals surface area (Å²) in [4.78, 5) is 30.0. The summed E-state index contributed by atoms with van der Waals surface area (Å²) in [5.74, 6) is -0.386. The molecule has 8 heteroatoms. The van der Waals surface area contributed by atoms with Gasteiger partial charge in [0.2, 0.25) is 0 Å². The van der Waals surface area contributed by atoms with Gasteiger partial charge in [-0.1, -0.05) is 6.07 Å². The summed E-state index contributed by atoms with van der Waals surface area (Å²) in [6, 6.07) is 11.8. The fourth-order valence-corrected chi connectivity index (χ4v) is 3.97. The van der Waals surface area contributed by atoms with Crippen LogP contribution in [0.3, 0.4) is 0 Å². The molecule has 3 rings (SSSR count). The SMILES string of the molecule is CCOc1ccc(/C=C2\SC(=Nc3ccc(C(=O)O)cc3)N(C)C2=O)cc1Br. The van der Waals surface area contributed by atoms with E-state index in [1.54, 1.807) is 25.3 Å². The number of ether oxygens (including phenoxy) is 1. The smallest absolute Gasteiger partial charge is 0.335 e. The molecule has 0 atom stereocenters. The molecule has 1 amide bonds. The molecule has 6 nitrogen and oxygen atoms in total. The molecule has 1 N–H and O–H groups in total. The number of benzene rings is 2. The van der Waals surface area contributed by atoms with Gasteiger partial charge in [-0.05, 0) is 82.7 Å². The Balaban J connectivity index is 1.83. The van der Waals surface area contributed by atoms with Crippen LogP contribution in [0.2, 0.25) is 0 Å². The van der Waals surface area contributed by atoms with Crippen molar-refractivity contribution in [3.05, 3.63) is 63.0 Å². The summed E-state index contributed by atoms with van der Waals surface area (Å²) in [6.45, 7) is 2.49. The molecular weight excluding hydrogens is 444 g/mol. The average molecular weight is 461 g/mol. The predicted octanol–water partition coefficient (Wildman–Crippen LogP) is 4.78. The van der Waals surface area contributed by atoms with E-state index in [4.69, 9.17) is 9.84 Å². The second-order valence-electron chi connectivity index (χ2n) is 5.84. The van der Waals surface area contributed by atoms with E-state index in [0.29, 0.717) is 22.4 Å². The molecule has 0 saturated carbocycles. The third-order valence-electron chi connectivity index (χ3n) is 3.90. The number of carboxylic acids is 1. The minimum Gasteiger partial charge on any atom is -0.493 e. The normalized spacial score (nSPS) is 16.8. The van der Waals surface area contributed by atoms with Crippen LogP contribution in [-0.4, -0.2) is 40.7 Å². The zero-order valence-corrected chi connectivity index (χ0v) is 17.6. The van der Waals surface area contributed by atoms with Crippen LogP contribution in [0, 0.1) is 0 Å². The Morgan fingerprint density at radius 3 is 2.61 bits per heavy atom. The molecule has 0 aromatic heterocycles. The molecule has 0 radical (unpaired) electrons. The number of hydrogen-bond donors (Lipinski definition) is 1. The quantitative estimate of drug-likeness (QED) is 0.649. The second kappa shape index (κ2) is 8.62. The lowest BCUT2D eigenvalue weighted by atomic mass is 10.2. The Kier molecular flexibility index (Phi) is 6.21. The van der Waals surface area contributed by atoms with E-state index in [-0.39, 0.29) is 11.5 Å².